The Kier molecular flexibility index (Phi) is 5.34. The monoisotopic (exact) mass is 478 g/mol. The maximum Gasteiger partial charge on any atom is 0.345 e. The first-order valence-electron chi connectivity index (χ1n) is 11.8. The molecule has 2 aliphatic heterocycles. The average molecular weight is 479 g/mol. The Morgan fingerprint density at radius 2 is 1.86 bits per heavy atom. The summed E-state index contributed by atoms with van der Waals surface area (Å²) in [7, 11) is 2.06. The molecule has 10 heteroatoms. The van der Waals surface area contributed by atoms with Gasteiger partial charge in [-0.05, 0) is 43.9 Å². The number of nitrogens with two attached hydrogens (primary N) is 1. The number of H-pyrrole nitrogens is 1. The minimum Gasteiger partial charge on any atom is -0.422 e. The van der Waals surface area contributed by atoms with Gasteiger partial charge >= 0.3 is 11.7 Å². The Labute approximate surface area is 202 Å². The molecule has 35 heavy (non-hydrogen) atoms. The van der Waals surface area contributed by atoms with Crippen LogP contribution in [0, 0.1) is 0 Å². The first kappa shape index (κ1) is 22.9. The van der Waals surface area contributed by atoms with Gasteiger partial charge in [0.25, 0.3) is 5.56 Å². The maximum atomic E-state index is 13.0. The fourth-order valence-corrected chi connectivity index (χ4v) is 5.23. The maximum absolute atomic E-state index is 13.0. The predicted molar refractivity (Wildman–Crippen MR) is 135 cm³/mol. The summed E-state index contributed by atoms with van der Waals surface area (Å²) >= 11 is 0. The standard InChI is InChI=1S/C25H30N6O4/c1-14-13-25(2,3)29(4)19-12-20-15(9-16(14)19)10-17(22(33)35-20)18-11-21(32)28-24(27-18)31-7-5-30(6-8-31)23(26)34/h9-12,14H,5-8,13H2,1-4H3,(H2,26,34)(H,27,28,32). The molecule has 184 valence electrons. The lowest BCUT2D eigenvalue weighted by atomic mass is 9.80. The molecule has 3 N–H and O–H groups in total. The van der Waals surface area contributed by atoms with Crippen molar-refractivity contribution >= 4 is 28.6 Å². The normalized spacial score (nSPS) is 19.7. The van der Waals surface area contributed by atoms with E-state index in [0.717, 1.165) is 17.5 Å². The number of carbonyl (C=O) groups excluding carboxylic acids is 1. The first-order chi connectivity index (χ1) is 16.5. The van der Waals surface area contributed by atoms with Gasteiger partial charge in [0.1, 0.15) is 5.58 Å². The summed E-state index contributed by atoms with van der Waals surface area (Å²) in [6.45, 7) is 8.42. The summed E-state index contributed by atoms with van der Waals surface area (Å²) in [5.74, 6) is 0.693. The van der Waals surface area contributed by atoms with Gasteiger partial charge in [0.2, 0.25) is 5.95 Å². The molecule has 0 radical (unpaired) electrons. The number of carbonyl (C=O) groups is 1. The predicted octanol–water partition coefficient (Wildman–Crippen LogP) is 2.47. The number of urea groups is 1. The van der Waals surface area contributed by atoms with E-state index in [4.69, 9.17) is 10.2 Å². The lowest BCUT2D eigenvalue weighted by molar-refractivity contribution is 0.204. The molecule has 1 fully saturated rings. The van der Waals surface area contributed by atoms with E-state index in [9.17, 15) is 14.4 Å². The van der Waals surface area contributed by atoms with Gasteiger partial charge in [-0.15, -0.1) is 0 Å². The molecule has 0 saturated carbocycles. The highest BCUT2D eigenvalue weighted by molar-refractivity contribution is 5.86. The molecule has 2 amide bonds. The highest BCUT2D eigenvalue weighted by atomic mass is 16.4. The van der Waals surface area contributed by atoms with E-state index in [1.165, 1.54) is 16.5 Å². The number of anilines is 2. The molecule has 0 spiro atoms. The lowest BCUT2D eigenvalue weighted by Gasteiger charge is -2.45. The van der Waals surface area contributed by atoms with E-state index in [0.29, 0.717) is 43.6 Å². The third-order valence-corrected chi connectivity index (χ3v) is 7.38. The second kappa shape index (κ2) is 8.14. The number of rotatable bonds is 2. The highest BCUT2D eigenvalue weighted by Gasteiger charge is 2.34. The largest absolute Gasteiger partial charge is 0.422 e. The van der Waals surface area contributed by atoms with E-state index >= 15 is 0 Å². The van der Waals surface area contributed by atoms with Crippen molar-refractivity contribution in [2.24, 2.45) is 5.73 Å². The topological polar surface area (TPSA) is 129 Å². The van der Waals surface area contributed by atoms with Crippen LogP contribution in [0.1, 0.15) is 38.7 Å². The third kappa shape index (κ3) is 4.02. The van der Waals surface area contributed by atoms with Gasteiger partial charge in [-0.1, -0.05) is 6.92 Å². The summed E-state index contributed by atoms with van der Waals surface area (Å²) < 4.78 is 5.72. The van der Waals surface area contributed by atoms with Crippen LogP contribution in [-0.4, -0.2) is 59.7 Å². The SMILES string of the molecule is CC1CC(C)(C)N(C)c2cc3oc(=O)c(-c4cc(=O)[nH]c(N5CCN(C(N)=O)CC5)n4)cc3cc21. The number of aromatic amines is 1. The van der Waals surface area contributed by atoms with Gasteiger partial charge in [-0.3, -0.25) is 9.78 Å². The number of benzene rings is 1. The molecule has 3 aromatic rings. The minimum atomic E-state index is -0.550. The Hall–Kier alpha value is -3.82. The van der Waals surface area contributed by atoms with Gasteiger partial charge in [0, 0.05) is 62.0 Å². The number of amides is 2. The molecule has 1 atom stereocenters. The Morgan fingerprint density at radius 3 is 2.54 bits per heavy atom. The molecule has 1 unspecified atom stereocenters. The van der Waals surface area contributed by atoms with Crippen LogP contribution in [0.25, 0.3) is 22.2 Å². The number of hydrogen-bond acceptors (Lipinski definition) is 7. The first-order valence-corrected chi connectivity index (χ1v) is 11.8. The molecule has 4 heterocycles. The third-order valence-electron chi connectivity index (χ3n) is 7.38. The summed E-state index contributed by atoms with van der Waals surface area (Å²) in [6.07, 6.45) is 1.01. The van der Waals surface area contributed by atoms with Crippen molar-refractivity contribution < 1.29 is 9.21 Å². The van der Waals surface area contributed by atoms with Crippen molar-refractivity contribution in [3.05, 3.63) is 50.6 Å². The smallest absolute Gasteiger partial charge is 0.345 e. The van der Waals surface area contributed by atoms with Crippen LogP contribution in [0.15, 0.2) is 38.3 Å². The van der Waals surface area contributed by atoms with E-state index in [2.05, 4.69) is 48.8 Å². The summed E-state index contributed by atoms with van der Waals surface area (Å²) in [6, 6.07) is 6.59. The number of primary amides is 1. The Balaban J connectivity index is 1.55. The van der Waals surface area contributed by atoms with Gasteiger partial charge < -0.3 is 24.9 Å². The summed E-state index contributed by atoms with van der Waals surface area (Å²) in [5, 5.41) is 0.789. The van der Waals surface area contributed by atoms with Crippen LogP contribution in [0.3, 0.4) is 0 Å². The highest BCUT2D eigenvalue weighted by Crippen LogP contribution is 2.44. The number of hydrogen-bond donors (Lipinski definition) is 2. The minimum absolute atomic E-state index is 0.00532. The molecule has 1 aromatic carbocycles. The van der Waals surface area contributed by atoms with E-state index in [1.807, 2.05) is 11.0 Å². The van der Waals surface area contributed by atoms with Crippen LogP contribution in [0.2, 0.25) is 0 Å². The summed E-state index contributed by atoms with van der Waals surface area (Å²) in [4.78, 5) is 49.8. The van der Waals surface area contributed by atoms with Gasteiger partial charge in [-0.2, -0.15) is 0 Å². The van der Waals surface area contributed by atoms with Gasteiger partial charge in [-0.25, -0.2) is 14.6 Å². The van der Waals surface area contributed by atoms with Gasteiger partial charge in [0.15, 0.2) is 0 Å². The van der Waals surface area contributed by atoms with Crippen molar-refractivity contribution in [1.29, 1.82) is 0 Å². The van der Waals surface area contributed by atoms with Crippen LogP contribution >= 0.6 is 0 Å². The second-order valence-electron chi connectivity index (χ2n) is 10.1. The van der Waals surface area contributed by atoms with Crippen molar-refractivity contribution in [2.75, 3.05) is 43.0 Å². The molecule has 5 rings (SSSR count). The molecule has 1 saturated heterocycles. The molecule has 2 aromatic heterocycles. The van der Waals surface area contributed by atoms with Crippen molar-refractivity contribution in [3.63, 3.8) is 0 Å². The zero-order valence-electron chi connectivity index (χ0n) is 20.4. The number of fused-ring (bicyclic) bond motifs is 2. The molecular formula is C25H30N6O4. The summed E-state index contributed by atoms with van der Waals surface area (Å²) in [5.41, 5.74) is 7.68. The number of aromatic nitrogens is 2. The average Bonchev–Trinajstić information content (AvgIpc) is 2.81. The molecular weight excluding hydrogens is 448 g/mol. The number of nitrogens with zero attached hydrogens (tertiary/aromatic N) is 4. The van der Waals surface area contributed by atoms with Crippen LogP contribution < -0.4 is 26.7 Å². The van der Waals surface area contributed by atoms with Crippen LogP contribution in [-0.2, 0) is 0 Å². The quantitative estimate of drug-likeness (QED) is 0.541. The number of piperazine rings is 1. The molecule has 2 aliphatic rings. The van der Waals surface area contributed by atoms with Crippen molar-refractivity contribution in [1.82, 2.24) is 14.9 Å². The Morgan fingerprint density at radius 1 is 1.14 bits per heavy atom. The molecule has 0 aliphatic carbocycles. The zero-order valence-corrected chi connectivity index (χ0v) is 20.4. The Bertz CT molecular complexity index is 1430. The lowest BCUT2D eigenvalue weighted by Crippen LogP contribution is -2.51. The second-order valence-corrected chi connectivity index (χ2v) is 10.1. The fourth-order valence-electron chi connectivity index (χ4n) is 5.23. The van der Waals surface area contributed by atoms with E-state index < -0.39 is 11.7 Å². The van der Waals surface area contributed by atoms with Gasteiger partial charge in [0.05, 0.1) is 11.3 Å². The van der Waals surface area contributed by atoms with Crippen LogP contribution in [0.4, 0.5) is 16.4 Å². The zero-order chi connectivity index (χ0) is 25.1. The van der Waals surface area contributed by atoms with Crippen LogP contribution in [0.5, 0.6) is 0 Å². The fraction of sp³-hybridized carbons (Fsp3) is 0.440. The van der Waals surface area contributed by atoms with E-state index in [1.54, 1.807) is 6.07 Å². The van der Waals surface area contributed by atoms with Crippen molar-refractivity contribution in [3.8, 4) is 11.3 Å². The van der Waals surface area contributed by atoms with E-state index in [-0.39, 0.29) is 22.4 Å². The van der Waals surface area contributed by atoms with Crippen molar-refractivity contribution in [2.45, 2.75) is 38.6 Å². The molecule has 10 nitrogen and oxygen atoms in total. The number of nitrogens with one attached hydrogen (secondary N) is 1. The molecule has 0 bridgehead atoms.